The molecule has 1 aliphatic rings. The average molecular weight is 483 g/mol. The van der Waals surface area contributed by atoms with Crippen LogP contribution in [0.15, 0.2) is 85.2 Å². The predicted octanol–water partition coefficient (Wildman–Crippen LogP) is 6.77. The summed E-state index contributed by atoms with van der Waals surface area (Å²) >= 11 is 1.91. The smallest absolute Gasteiger partial charge is 0.163 e. The Labute approximate surface area is 211 Å². The molecule has 5 heteroatoms. The Kier molecular flexibility index (Phi) is 7.64. The molecule has 0 bridgehead atoms. The molecule has 1 atom stereocenters. The molecule has 5 rings (SSSR count). The highest BCUT2D eigenvalue weighted by Gasteiger charge is 2.24. The van der Waals surface area contributed by atoms with Crippen LogP contribution in [0, 0.1) is 0 Å². The number of carbonyl (C=O) groups is 1. The lowest BCUT2D eigenvalue weighted by Gasteiger charge is -2.25. The van der Waals surface area contributed by atoms with Crippen molar-refractivity contribution in [1.29, 1.82) is 0 Å². The first-order valence-corrected chi connectivity index (χ1v) is 13.4. The maximum Gasteiger partial charge on any atom is 0.163 e. The molecule has 0 saturated carbocycles. The zero-order valence-electron chi connectivity index (χ0n) is 19.8. The summed E-state index contributed by atoms with van der Waals surface area (Å²) in [4.78, 5) is 20.3. The summed E-state index contributed by atoms with van der Waals surface area (Å²) in [7, 11) is 0. The number of hydrogen-bond acceptors (Lipinski definition) is 4. The number of hydrogen-bond donors (Lipinski definition) is 1. The van der Waals surface area contributed by atoms with Crippen molar-refractivity contribution in [3.63, 3.8) is 0 Å². The summed E-state index contributed by atoms with van der Waals surface area (Å²) in [5.41, 5.74) is 5.69. The van der Waals surface area contributed by atoms with Crippen LogP contribution < -0.4 is 4.74 Å². The Bertz CT molecular complexity index is 1240. The molecule has 1 aromatic heterocycles. The number of benzene rings is 3. The van der Waals surface area contributed by atoms with E-state index in [1.54, 1.807) is 6.20 Å². The van der Waals surface area contributed by atoms with Gasteiger partial charge in [-0.25, -0.2) is 4.98 Å². The Morgan fingerprint density at radius 3 is 2.54 bits per heavy atom. The van der Waals surface area contributed by atoms with Gasteiger partial charge in [0.1, 0.15) is 17.7 Å². The second-order valence-corrected chi connectivity index (χ2v) is 10.00. The number of rotatable bonds is 10. The van der Waals surface area contributed by atoms with Gasteiger partial charge in [0.2, 0.25) is 0 Å². The minimum atomic E-state index is -0.173. The van der Waals surface area contributed by atoms with Crippen molar-refractivity contribution in [3.8, 4) is 5.75 Å². The summed E-state index contributed by atoms with van der Waals surface area (Å²) < 4.78 is 6.74. The van der Waals surface area contributed by atoms with Crippen LogP contribution in [0.1, 0.15) is 57.4 Å². The SMILES string of the molecule is O=C1CCCc2c1ccc(O[C@@H](Cc1ncc[nH]1)c1ccccc1)c2CSCCc1ccccc1. The predicted molar refractivity (Wildman–Crippen MR) is 142 cm³/mol. The summed E-state index contributed by atoms with van der Waals surface area (Å²) in [6.07, 6.45) is 7.60. The van der Waals surface area contributed by atoms with Gasteiger partial charge in [0.15, 0.2) is 5.78 Å². The van der Waals surface area contributed by atoms with Crippen molar-refractivity contribution in [3.05, 3.63) is 119 Å². The largest absolute Gasteiger partial charge is 0.485 e. The highest BCUT2D eigenvalue weighted by atomic mass is 32.2. The molecule has 0 fully saturated rings. The van der Waals surface area contributed by atoms with Crippen LogP contribution in [-0.4, -0.2) is 21.5 Å². The molecular formula is C30H30N2O2S. The van der Waals surface area contributed by atoms with Gasteiger partial charge in [-0.15, -0.1) is 0 Å². The number of nitrogens with zero attached hydrogens (tertiary/aromatic N) is 1. The summed E-state index contributed by atoms with van der Waals surface area (Å²) in [5.74, 6) is 3.89. The van der Waals surface area contributed by atoms with Gasteiger partial charge in [0.25, 0.3) is 0 Å². The first kappa shape index (κ1) is 23.4. The third-order valence-corrected chi connectivity index (χ3v) is 7.50. The van der Waals surface area contributed by atoms with Crippen LogP contribution in [0.25, 0.3) is 0 Å². The molecule has 1 heterocycles. The molecule has 0 amide bonds. The number of nitrogens with one attached hydrogen (secondary N) is 1. The van der Waals surface area contributed by atoms with E-state index in [1.165, 1.54) is 16.7 Å². The minimum absolute atomic E-state index is 0.173. The van der Waals surface area contributed by atoms with Crippen LogP contribution in [0.2, 0.25) is 0 Å². The van der Waals surface area contributed by atoms with Gasteiger partial charge in [-0.2, -0.15) is 11.8 Å². The lowest BCUT2D eigenvalue weighted by atomic mass is 9.87. The second-order valence-electron chi connectivity index (χ2n) is 8.89. The first-order valence-electron chi connectivity index (χ1n) is 12.3. The van der Waals surface area contributed by atoms with E-state index in [2.05, 4.69) is 52.4 Å². The highest BCUT2D eigenvalue weighted by molar-refractivity contribution is 7.98. The van der Waals surface area contributed by atoms with Gasteiger partial charge >= 0.3 is 0 Å². The average Bonchev–Trinajstić information content (AvgIpc) is 3.41. The zero-order valence-corrected chi connectivity index (χ0v) is 20.6. The number of carbonyl (C=O) groups excluding carboxylic acids is 1. The first-order chi connectivity index (χ1) is 17.3. The van der Waals surface area contributed by atoms with Crippen LogP contribution in [0.4, 0.5) is 0 Å². The standard InChI is InChI=1S/C30H30N2O2S/c33-27-13-7-12-24-25(27)14-15-28(26(24)21-35-19-16-22-8-3-1-4-9-22)34-29(20-30-31-17-18-32-30)23-10-5-2-6-11-23/h1-6,8-11,14-15,17-18,29H,7,12-13,16,19-21H2,(H,31,32)/t29-/m0/s1. The van der Waals surface area contributed by atoms with Gasteiger partial charge in [-0.05, 0) is 53.8 Å². The molecule has 0 radical (unpaired) electrons. The zero-order chi connectivity index (χ0) is 23.9. The summed E-state index contributed by atoms with van der Waals surface area (Å²) in [6, 6.07) is 24.9. The molecule has 0 spiro atoms. The monoisotopic (exact) mass is 482 g/mol. The Hall–Kier alpha value is -3.31. The molecule has 0 saturated heterocycles. The Balaban J connectivity index is 1.40. The third-order valence-electron chi connectivity index (χ3n) is 6.52. The van der Waals surface area contributed by atoms with E-state index in [9.17, 15) is 4.79 Å². The van der Waals surface area contributed by atoms with Crippen molar-refractivity contribution in [1.82, 2.24) is 9.97 Å². The van der Waals surface area contributed by atoms with Gasteiger partial charge in [-0.3, -0.25) is 4.79 Å². The van der Waals surface area contributed by atoms with Gasteiger partial charge in [0.05, 0.1) is 0 Å². The van der Waals surface area contributed by atoms with E-state index in [4.69, 9.17) is 4.74 Å². The van der Waals surface area contributed by atoms with E-state index in [0.717, 1.165) is 53.5 Å². The van der Waals surface area contributed by atoms with Gasteiger partial charge < -0.3 is 9.72 Å². The van der Waals surface area contributed by atoms with Crippen molar-refractivity contribution in [2.45, 2.75) is 44.0 Å². The molecule has 4 nitrogen and oxygen atoms in total. The number of ketones is 1. The van der Waals surface area contributed by atoms with Crippen LogP contribution in [0.5, 0.6) is 5.75 Å². The number of imidazole rings is 1. The fourth-order valence-electron chi connectivity index (χ4n) is 4.69. The maximum absolute atomic E-state index is 12.7. The van der Waals surface area contributed by atoms with Crippen LogP contribution in [0.3, 0.4) is 0 Å². The number of fused-ring (bicyclic) bond motifs is 1. The number of thioether (sulfide) groups is 1. The van der Waals surface area contributed by atoms with E-state index in [-0.39, 0.29) is 11.9 Å². The van der Waals surface area contributed by atoms with Gasteiger partial charge in [-0.1, -0.05) is 60.7 Å². The Morgan fingerprint density at radius 2 is 1.77 bits per heavy atom. The minimum Gasteiger partial charge on any atom is -0.485 e. The quantitative estimate of drug-likeness (QED) is 0.254. The van der Waals surface area contributed by atoms with Crippen molar-refractivity contribution in [2.24, 2.45) is 0 Å². The molecule has 0 aliphatic heterocycles. The second kappa shape index (κ2) is 11.4. The third kappa shape index (κ3) is 5.85. The maximum atomic E-state index is 12.7. The molecule has 1 aliphatic carbocycles. The molecule has 1 N–H and O–H groups in total. The highest BCUT2D eigenvalue weighted by Crippen LogP contribution is 2.36. The Morgan fingerprint density at radius 1 is 0.971 bits per heavy atom. The summed E-state index contributed by atoms with van der Waals surface area (Å²) in [6.45, 7) is 0. The van der Waals surface area contributed by atoms with E-state index >= 15 is 0 Å². The van der Waals surface area contributed by atoms with E-state index in [0.29, 0.717) is 12.8 Å². The number of ether oxygens (including phenoxy) is 1. The number of aryl methyl sites for hydroxylation is 1. The normalized spacial score (nSPS) is 13.9. The number of Topliss-reactive ketones (excluding diaryl/α,β-unsaturated/α-hetero) is 1. The van der Waals surface area contributed by atoms with E-state index in [1.807, 2.05) is 48.3 Å². The van der Waals surface area contributed by atoms with Crippen molar-refractivity contribution >= 4 is 17.5 Å². The molecule has 3 aromatic carbocycles. The lowest BCUT2D eigenvalue weighted by Crippen LogP contribution is -2.17. The van der Waals surface area contributed by atoms with Gasteiger partial charge in [0, 0.05) is 42.1 Å². The fraction of sp³-hybridized carbons (Fsp3) is 0.267. The number of aromatic nitrogens is 2. The van der Waals surface area contributed by atoms with E-state index < -0.39 is 0 Å². The van der Waals surface area contributed by atoms with Crippen molar-refractivity contribution in [2.75, 3.05) is 5.75 Å². The molecular weight excluding hydrogens is 452 g/mol. The topological polar surface area (TPSA) is 55.0 Å². The molecule has 35 heavy (non-hydrogen) atoms. The van der Waals surface area contributed by atoms with Crippen LogP contribution >= 0.6 is 11.8 Å². The van der Waals surface area contributed by atoms with Crippen molar-refractivity contribution < 1.29 is 9.53 Å². The molecule has 178 valence electrons. The fourth-order valence-corrected chi connectivity index (χ4v) is 5.73. The lowest BCUT2D eigenvalue weighted by molar-refractivity contribution is 0.0972. The number of H-pyrrole nitrogens is 1. The number of aromatic amines is 1. The van der Waals surface area contributed by atoms with Crippen LogP contribution in [-0.2, 0) is 25.0 Å². The molecule has 0 unspecified atom stereocenters. The molecule has 4 aromatic rings. The summed E-state index contributed by atoms with van der Waals surface area (Å²) in [5, 5.41) is 0.